The van der Waals surface area contributed by atoms with Crippen LogP contribution in [-0.2, 0) is 13.6 Å². The molecule has 30 heavy (non-hydrogen) atoms. The summed E-state index contributed by atoms with van der Waals surface area (Å²) in [5.74, 6) is -0.479. The summed E-state index contributed by atoms with van der Waals surface area (Å²) in [6.45, 7) is 0.243. The number of anilines is 1. The van der Waals surface area contributed by atoms with Crippen LogP contribution in [0.5, 0.6) is 0 Å². The zero-order chi connectivity index (χ0) is 21.1. The van der Waals surface area contributed by atoms with Crippen LogP contribution in [0, 0.1) is 0 Å². The van der Waals surface area contributed by atoms with Crippen molar-refractivity contribution >= 4 is 28.4 Å². The molecule has 0 radical (unpaired) electrons. The molecular weight excluding hydrogens is 382 g/mol. The number of nitrogens with zero attached hydrogens (tertiary/aromatic N) is 1. The van der Waals surface area contributed by atoms with Crippen molar-refractivity contribution in [3.63, 3.8) is 0 Å². The number of hydrogen-bond donors (Lipinski definition) is 2. The summed E-state index contributed by atoms with van der Waals surface area (Å²) >= 11 is 0. The van der Waals surface area contributed by atoms with Crippen molar-refractivity contribution in [2.75, 3.05) is 5.32 Å². The Morgan fingerprint density at radius 1 is 0.967 bits per heavy atom. The molecule has 2 amide bonds. The molecule has 4 rings (SSSR count). The Morgan fingerprint density at radius 2 is 1.80 bits per heavy atom. The standard InChI is InChI=1S/C23H19N3O4/c1-26-19-9-3-2-8-17(19)18(13-21(26)27)22(28)24-14-15-6-4-7-16(12-15)25-23(29)20-10-5-11-30-20/h2-13H,14H2,1H3,(H,24,28)(H,25,29). The second-order valence-corrected chi connectivity index (χ2v) is 6.79. The molecule has 0 aliphatic carbocycles. The van der Waals surface area contributed by atoms with E-state index < -0.39 is 0 Å². The lowest BCUT2D eigenvalue weighted by Gasteiger charge is -2.11. The molecule has 2 aromatic heterocycles. The van der Waals surface area contributed by atoms with Gasteiger partial charge in [-0.15, -0.1) is 0 Å². The zero-order valence-electron chi connectivity index (χ0n) is 16.2. The van der Waals surface area contributed by atoms with Crippen molar-refractivity contribution in [3.05, 3.63) is 100 Å². The van der Waals surface area contributed by atoms with Gasteiger partial charge in [-0.2, -0.15) is 0 Å². The van der Waals surface area contributed by atoms with Crippen LogP contribution in [0.3, 0.4) is 0 Å². The molecule has 0 unspecified atom stereocenters. The summed E-state index contributed by atoms with van der Waals surface area (Å²) in [6.07, 6.45) is 1.43. The fourth-order valence-electron chi connectivity index (χ4n) is 3.24. The molecule has 4 aromatic rings. The van der Waals surface area contributed by atoms with Crippen molar-refractivity contribution in [2.24, 2.45) is 7.05 Å². The number of rotatable bonds is 5. The van der Waals surface area contributed by atoms with Gasteiger partial charge >= 0.3 is 0 Å². The van der Waals surface area contributed by atoms with Crippen LogP contribution < -0.4 is 16.2 Å². The Bertz CT molecular complexity index is 1290. The topological polar surface area (TPSA) is 93.3 Å². The van der Waals surface area contributed by atoms with Gasteiger partial charge in [0.25, 0.3) is 17.4 Å². The Balaban J connectivity index is 1.50. The smallest absolute Gasteiger partial charge is 0.291 e. The molecule has 0 aliphatic rings. The number of carbonyl (C=O) groups is 2. The summed E-state index contributed by atoms with van der Waals surface area (Å²) in [7, 11) is 1.68. The molecular formula is C23H19N3O4. The normalized spacial score (nSPS) is 10.7. The predicted octanol–water partition coefficient (Wildman–Crippen LogP) is 3.31. The fourth-order valence-corrected chi connectivity index (χ4v) is 3.24. The lowest BCUT2D eigenvalue weighted by atomic mass is 10.1. The van der Waals surface area contributed by atoms with Crippen LogP contribution in [0.15, 0.2) is 82.2 Å². The monoisotopic (exact) mass is 401 g/mol. The highest BCUT2D eigenvalue weighted by atomic mass is 16.3. The Morgan fingerprint density at radius 3 is 2.60 bits per heavy atom. The number of aryl methyl sites for hydroxylation is 1. The average Bonchev–Trinajstić information content (AvgIpc) is 3.30. The molecule has 0 bridgehead atoms. The first-order valence-corrected chi connectivity index (χ1v) is 9.34. The number of nitrogens with one attached hydrogen (secondary N) is 2. The van der Waals surface area contributed by atoms with Crippen molar-refractivity contribution in [1.82, 2.24) is 9.88 Å². The molecule has 0 atom stereocenters. The van der Waals surface area contributed by atoms with Gasteiger partial charge in [-0.3, -0.25) is 14.4 Å². The quantitative estimate of drug-likeness (QED) is 0.537. The number of furan rings is 1. The second-order valence-electron chi connectivity index (χ2n) is 6.79. The van der Waals surface area contributed by atoms with E-state index in [1.165, 1.54) is 16.9 Å². The van der Waals surface area contributed by atoms with E-state index in [0.29, 0.717) is 22.2 Å². The van der Waals surface area contributed by atoms with Crippen molar-refractivity contribution in [3.8, 4) is 0 Å². The van der Waals surface area contributed by atoms with Crippen LogP contribution in [0.4, 0.5) is 5.69 Å². The van der Waals surface area contributed by atoms with Gasteiger partial charge < -0.3 is 19.6 Å². The third-order valence-corrected chi connectivity index (χ3v) is 4.78. The highest BCUT2D eigenvalue weighted by Crippen LogP contribution is 2.17. The van der Waals surface area contributed by atoms with Crippen LogP contribution in [-0.4, -0.2) is 16.4 Å². The Kier molecular flexibility index (Phi) is 5.17. The number of pyridine rings is 1. The number of carbonyl (C=O) groups excluding carboxylic acids is 2. The number of benzene rings is 2. The summed E-state index contributed by atoms with van der Waals surface area (Å²) in [5.41, 5.74) is 2.16. The molecule has 7 nitrogen and oxygen atoms in total. The molecule has 2 aromatic carbocycles. The molecule has 2 N–H and O–H groups in total. The van der Waals surface area contributed by atoms with Gasteiger partial charge in [-0.05, 0) is 35.9 Å². The van der Waals surface area contributed by atoms with Gasteiger partial charge in [-0.25, -0.2) is 0 Å². The van der Waals surface area contributed by atoms with E-state index in [-0.39, 0.29) is 29.7 Å². The predicted molar refractivity (Wildman–Crippen MR) is 113 cm³/mol. The van der Waals surface area contributed by atoms with Gasteiger partial charge in [0.2, 0.25) is 0 Å². The van der Waals surface area contributed by atoms with E-state index in [9.17, 15) is 14.4 Å². The fraction of sp³-hybridized carbons (Fsp3) is 0.0870. The van der Waals surface area contributed by atoms with Gasteiger partial charge in [0.05, 0.1) is 17.3 Å². The second kappa shape index (κ2) is 8.08. The number of hydrogen-bond acceptors (Lipinski definition) is 4. The third-order valence-electron chi connectivity index (χ3n) is 4.78. The first-order valence-electron chi connectivity index (χ1n) is 9.34. The molecule has 0 fully saturated rings. The number of fused-ring (bicyclic) bond motifs is 1. The van der Waals surface area contributed by atoms with Crippen molar-refractivity contribution < 1.29 is 14.0 Å². The van der Waals surface area contributed by atoms with Gasteiger partial charge in [0.1, 0.15) is 0 Å². The number of aromatic nitrogens is 1. The summed E-state index contributed by atoms with van der Waals surface area (Å²) < 4.78 is 6.59. The van der Waals surface area contributed by atoms with Crippen LogP contribution in [0.2, 0.25) is 0 Å². The van der Waals surface area contributed by atoms with Gasteiger partial charge in [0, 0.05) is 30.7 Å². The maximum atomic E-state index is 12.8. The lowest BCUT2D eigenvalue weighted by molar-refractivity contribution is 0.0951. The Hall–Kier alpha value is -4.13. The maximum absolute atomic E-state index is 12.8. The molecule has 150 valence electrons. The highest BCUT2D eigenvalue weighted by Gasteiger charge is 2.13. The SMILES string of the molecule is Cn1c(=O)cc(C(=O)NCc2cccc(NC(=O)c3ccco3)c2)c2ccccc21. The average molecular weight is 401 g/mol. The summed E-state index contributed by atoms with van der Waals surface area (Å²) in [4.78, 5) is 37.1. The maximum Gasteiger partial charge on any atom is 0.291 e. The lowest BCUT2D eigenvalue weighted by Crippen LogP contribution is -2.26. The van der Waals surface area contributed by atoms with E-state index in [1.807, 2.05) is 24.3 Å². The van der Waals surface area contributed by atoms with Crippen LogP contribution in [0.25, 0.3) is 10.9 Å². The summed E-state index contributed by atoms with van der Waals surface area (Å²) in [5, 5.41) is 6.30. The first-order chi connectivity index (χ1) is 14.5. The van der Waals surface area contributed by atoms with E-state index in [2.05, 4.69) is 10.6 Å². The minimum atomic E-state index is -0.354. The Labute approximate surface area is 171 Å². The highest BCUT2D eigenvalue weighted by molar-refractivity contribution is 6.06. The van der Waals surface area contributed by atoms with E-state index in [1.54, 1.807) is 43.4 Å². The molecule has 7 heteroatoms. The van der Waals surface area contributed by atoms with Gasteiger partial charge in [-0.1, -0.05) is 30.3 Å². The molecule has 0 spiro atoms. The number of para-hydroxylation sites is 1. The van der Waals surface area contributed by atoms with Crippen LogP contribution in [0.1, 0.15) is 26.5 Å². The summed E-state index contributed by atoms with van der Waals surface area (Å²) in [6, 6.07) is 19.0. The molecule has 0 saturated carbocycles. The minimum Gasteiger partial charge on any atom is -0.459 e. The van der Waals surface area contributed by atoms with Crippen molar-refractivity contribution in [1.29, 1.82) is 0 Å². The van der Waals surface area contributed by atoms with Gasteiger partial charge in [0.15, 0.2) is 5.76 Å². The first kappa shape index (κ1) is 19.2. The van der Waals surface area contributed by atoms with Crippen molar-refractivity contribution in [2.45, 2.75) is 6.54 Å². The third kappa shape index (κ3) is 3.86. The van der Waals surface area contributed by atoms with E-state index in [0.717, 1.165) is 5.56 Å². The van der Waals surface area contributed by atoms with E-state index in [4.69, 9.17) is 4.42 Å². The largest absolute Gasteiger partial charge is 0.459 e. The zero-order valence-corrected chi connectivity index (χ0v) is 16.2. The minimum absolute atomic E-state index is 0.214. The molecule has 0 saturated heterocycles. The van der Waals surface area contributed by atoms with Crippen LogP contribution >= 0.6 is 0 Å². The molecule has 0 aliphatic heterocycles. The number of amides is 2. The molecule has 2 heterocycles. The van der Waals surface area contributed by atoms with E-state index >= 15 is 0 Å².